The maximum atomic E-state index is 12.4. The van der Waals surface area contributed by atoms with E-state index in [1.54, 1.807) is 0 Å². The van der Waals surface area contributed by atoms with Gasteiger partial charge in [-0.2, -0.15) is 0 Å². The Kier molecular flexibility index (Phi) is 2.13. The SMILES string of the molecule is CN1c2ccccc2[C@@H]2C(=O)CC(C)(C)C[C@@H]21. The summed E-state index contributed by atoms with van der Waals surface area (Å²) in [7, 11) is 2.12. The fourth-order valence-corrected chi connectivity index (χ4v) is 3.54. The number of hydrogen-bond donors (Lipinski definition) is 0. The Morgan fingerprint density at radius 3 is 2.76 bits per heavy atom. The van der Waals surface area contributed by atoms with Crippen molar-refractivity contribution in [2.75, 3.05) is 11.9 Å². The molecule has 2 nitrogen and oxygen atoms in total. The molecule has 3 rings (SSSR count). The monoisotopic (exact) mass is 229 g/mol. The number of likely N-dealkylation sites (N-methyl/N-ethyl adjacent to an activating group) is 1. The first-order valence-electron chi connectivity index (χ1n) is 6.34. The maximum absolute atomic E-state index is 12.4. The Balaban J connectivity index is 2.08. The number of nitrogens with zero attached hydrogens (tertiary/aromatic N) is 1. The van der Waals surface area contributed by atoms with Crippen LogP contribution >= 0.6 is 0 Å². The number of carbonyl (C=O) groups excluding carboxylic acids is 1. The summed E-state index contributed by atoms with van der Waals surface area (Å²) in [5, 5.41) is 0. The van der Waals surface area contributed by atoms with Crippen LogP contribution in [0.5, 0.6) is 0 Å². The lowest BCUT2D eigenvalue weighted by Crippen LogP contribution is -2.43. The molecule has 0 unspecified atom stereocenters. The van der Waals surface area contributed by atoms with Crippen molar-refractivity contribution in [3.05, 3.63) is 29.8 Å². The number of para-hydroxylation sites is 1. The predicted octanol–water partition coefficient (Wildman–Crippen LogP) is 2.98. The number of Topliss-reactive ketones (excluding diaryl/α,β-unsaturated/α-hetero) is 1. The van der Waals surface area contributed by atoms with E-state index in [2.05, 4.69) is 44.0 Å². The molecule has 1 aromatic carbocycles. The van der Waals surface area contributed by atoms with Crippen molar-refractivity contribution in [1.29, 1.82) is 0 Å². The zero-order chi connectivity index (χ0) is 12.2. The molecule has 1 aliphatic heterocycles. The fraction of sp³-hybridized carbons (Fsp3) is 0.533. The number of ketones is 1. The number of benzene rings is 1. The van der Waals surface area contributed by atoms with Gasteiger partial charge in [-0.1, -0.05) is 32.0 Å². The second kappa shape index (κ2) is 3.34. The van der Waals surface area contributed by atoms with Gasteiger partial charge in [0.05, 0.1) is 5.92 Å². The average molecular weight is 229 g/mol. The van der Waals surface area contributed by atoms with Gasteiger partial charge in [0.1, 0.15) is 5.78 Å². The van der Waals surface area contributed by atoms with Gasteiger partial charge in [0, 0.05) is 25.2 Å². The maximum Gasteiger partial charge on any atom is 0.143 e. The highest BCUT2D eigenvalue weighted by atomic mass is 16.1. The van der Waals surface area contributed by atoms with Gasteiger partial charge in [-0.25, -0.2) is 0 Å². The van der Waals surface area contributed by atoms with Crippen LogP contribution in [-0.4, -0.2) is 18.9 Å². The van der Waals surface area contributed by atoms with Crippen molar-refractivity contribution in [3.63, 3.8) is 0 Å². The second-order valence-corrected chi connectivity index (χ2v) is 6.23. The average Bonchev–Trinajstić information content (AvgIpc) is 2.52. The second-order valence-electron chi connectivity index (χ2n) is 6.23. The smallest absolute Gasteiger partial charge is 0.143 e. The molecule has 90 valence electrons. The van der Waals surface area contributed by atoms with Crippen LogP contribution < -0.4 is 4.90 Å². The lowest BCUT2D eigenvalue weighted by molar-refractivity contribution is -0.125. The molecule has 0 bridgehead atoms. The highest BCUT2D eigenvalue weighted by molar-refractivity contribution is 5.92. The third kappa shape index (κ3) is 1.50. The van der Waals surface area contributed by atoms with Crippen molar-refractivity contribution in [3.8, 4) is 0 Å². The summed E-state index contributed by atoms with van der Waals surface area (Å²) in [6.07, 6.45) is 1.82. The minimum absolute atomic E-state index is 0.115. The highest BCUT2D eigenvalue weighted by Gasteiger charge is 2.47. The van der Waals surface area contributed by atoms with Gasteiger partial charge in [0.2, 0.25) is 0 Å². The van der Waals surface area contributed by atoms with E-state index < -0.39 is 0 Å². The van der Waals surface area contributed by atoms with Crippen LogP contribution in [0.2, 0.25) is 0 Å². The molecule has 0 spiro atoms. The van der Waals surface area contributed by atoms with Gasteiger partial charge in [0.25, 0.3) is 0 Å². The molecule has 0 aromatic heterocycles. The molecule has 0 radical (unpaired) electrons. The van der Waals surface area contributed by atoms with E-state index in [1.165, 1.54) is 11.3 Å². The van der Waals surface area contributed by atoms with Crippen molar-refractivity contribution in [1.82, 2.24) is 0 Å². The Hall–Kier alpha value is -1.31. The summed E-state index contributed by atoms with van der Waals surface area (Å²) in [5.41, 5.74) is 2.63. The molecule has 17 heavy (non-hydrogen) atoms. The summed E-state index contributed by atoms with van der Waals surface area (Å²) in [5.74, 6) is 0.535. The number of fused-ring (bicyclic) bond motifs is 3. The van der Waals surface area contributed by atoms with E-state index in [-0.39, 0.29) is 11.3 Å². The van der Waals surface area contributed by atoms with Gasteiger partial charge in [-0.3, -0.25) is 4.79 Å². The Labute approximate surface area is 103 Å². The molecule has 2 heteroatoms. The van der Waals surface area contributed by atoms with Crippen molar-refractivity contribution in [2.45, 2.75) is 38.6 Å². The van der Waals surface area contributed by atoms with Crippen LogP contribution in [0.4, 0.5) is 5.69 Å². The molecule has 0 N–H and O–H groups in total. The van der Waals surface area contributed by atoms with Gasteiger partial charge in [0.15, 0.2) is 0 Å². The Morgan fingerprint density at radius 2 is 2.00 bits per heavy atom. The number of carbonyl (C=O) groups is 1. The van der Waals surface area contributed by atoms with Gasteiger partial charge in [-0.15, -0.1) is 0 Å². The van der Waals surface area contributed by atoms with Gasteiger partial charge in [-0.05, 0) is 23.5 Å². The standard InChI is InChI=1S/C15H19NO/c1-15(2)8-12-14(13(17)9-15)10-6-4-5-7-11(10)16(12)3/h4-7,12,14H,8-9H2,1-3H3/t12-,14-/m0/s1. The van der Waals surface area contributed by atoms with Crippen LogP contribution in [0.1, 0.15) is 38.2 Å². The molecular formula is C15H19NO. The van der Waals surface area contributed by atoms with Crippen LogP contribution in [0.3, 0.4) is 0 Å². The number of rotatable bonds is 0. The fourth-order valence-electron chi connectivity index (χ4n) is 3.54. The molecule has 2 atom stereocenters. The lowest BCUT2D eigenvalue weighted by Gasteiger charge is -2.39. The molecule has 0 saturated heterocycles. The Bertz CT molecular complexity index is 478. The molecule has 0 amide bonds. The molecule has 1 aromatic rings. The Morgan fingerprint density at radius 1 is 1.29 bits per heavy atom. The first-order chi connectivity index (χ1) is 7.99. The van der Waals surface area contributed by atoms with Crippen LogP contribution in [0, 0.1) is 5.41 Å². The van der Waals surface area contributed by atoms with Crippen LogP contribution in [0.25, 0.3) is 0 Å². The minimum atomic E-state index is 0.115. The van der Waals surface area contributed by atoms with E-state index in [4.69, 9.17) is 0 Å². The van der Waals surface area contributed by atoms with Crippen LogP contribution in [-0.2, 0) is 4.79 Å². The van der Waals surface area contributed by atoms with E-state index in [9.17, 15) is 4.79 Å². The van der Waals surface area contributed by atoms with E-state index >= 15 is 0 Å². The number of anilines is 1. The van der Waals surface area contributed by atoms with E-state index in [1.807, 2.05) is 6.07 Å². The van der Waals surface area contributed by atoms with Crippen LogP contribution in [0.15, 0.2) is 24.3 Å². The zero-order valence-electron chi connectivity index (χ0n) is 10.7. The zero-order valence-corrected chi connectivity index (χ0v) is 10.7. The van der Waals surface area contributed by atoms with Gasteiger partial charge >= 0.3 is 0 Å². The third-order valence-electron chi connectivity index (χ3n) is 4.30. The summed E-state index contributed by atoms with van der Waals surface area (Å²) in [6.45, 7) is 4.41. The molecular weight excluding hydrogens is 210 g/mol. The largest absolute Gasteiger partial charge is 0.370 e. The lowest BCUT2D eigenvalue weighted by atomic mass is 9.69. The topological polar surface area (TPSA) is 20.3 Å². The summed E-state index contributed by atoms with van der Waals surface area (Å²) in [6, 6.07) is 8.72. The highest BCUT2D eigenvalue weighted by Crippen LogP contribution is 2.49. The van der Waals surface area contributed by atoms with E-state index in [0.29, 0.717) is 11.8 Å². The molecule has 1 saturated carbocycles. The predicted molar refractivity (Wildman–Crippen MR) is 69.4 cm³/mol. The third-order valence-corrected chi connectivity index (χ3v) is 4.30. The summed E-state index contributed by atoms with van der Waals surface area (Å²) in [4.78, 5) is 14.7. The van der Waals surface area contributed by atoms with Crippen molar-refractivity contribution < 1.29 is 4.79 Å². The van der Waals surface area contributed by atoms with Crippen molar-refractivity contribution >= 4 is 11.5 Å². The summed E-state index contributed by atoms with van der Waals surface area (Å²) >= 11 is 0. The quantitative estimate of drug-likeness (QED) is 0.681. The molecule has 1 heterocycles. The first-order valence-corrected chi connectivity index (χ1v) is 6.34. The van der Waals surface area contributed by atoms with Gasteiger partial charge < -0.3 is 4.90 Å². The summed E-state index contributed by atoms with van der Waals surface area (Å²) < 4.78 is 0. The minimum Gasteiger partial charge on any atom is -0.370 e. The molecule has 1 aliphatic carbocycles. The first kappa shape index (κ1) is 10.8. The van der Waals surface area contributed by atoms with Crippen molar-refractivity contribution in [2.24, 2.45) is 5.41 Å². The number of hydrogen-bond acceptors (Lipinski definition) is 2. The molecule has 2 aliphatic rings. The molecule has 1 fully saturated rings. The normalized spacial score (nSPS) is 30.1. The van der Waals surface area contributed by atoms with E-state index in [0.717, 1.165) is 12.8 Å².